The monoisotopic (exact) mass is 537 g/mol. The van der Waals surface area contributed by atoms with Gasteiger partial charge in [-0.05, 0) is 6.42 Å². The SMILES string of the molecule is CC/C=C/C1=CC([C@@H]2O[C@H](COP(=O)(O)OP(=O)(O)OP(=O)(O)O)C(O)[C@@H]2O)C(=O)NC1=O. The number of hydrogen-bond donors (Lipinski definition) is 7. The van der Waals surface area contributed by atoms with E-state index in [9.17, 15) is 38.4 Å². The lowest BCUT2D eigenvalue weighted by molar-refractivity contribution is -0.136. The highest BCUT2D eigenvalue weighted by molar-refractivity contribution is 7.66. The van der Waals surface area contributed by atoms with Gasteiger partial charge in [-0.2, -0.15) is 8.62 Å². The average Bonchev–Trinajstić information content (AvgIpc) is 2.91. The van der Waals surface area contributed by atoms with Crippen LogP contribution in [0.1, 0.15) is 13.3 Å². The highest BCUT2D eigenvalue weighted by atomic mass is 31.3. The van der Waals surface area contributed by atoms with Gasteiger partial charge in [-0.15, -0.1) is 0 Å². The molecular weight excluding hydrogens is 515 g/mol. The van der Waals surface area contributed by atoms with Crippen LogP contribution in [0, 0.1) is 5.92 Å². The van der Waals surface area contributed by atoms with E-state index in [2.05, 4.69) is 18.5 Å². The van der Waals surface area contributed by atoms with Gasteiger partial charge in [-0.1, -0.05) is 25.2 Å². The number of imide groups is 1. The van der Waals surface area contributed by atoms with Crippen LogP contribution in [0.25, 0.3) is 0 Å². The summed E-state index contributed by atoms with van der Waals surface area (Å²) < 4.78 is 50.6. The Morgan fingerprint density at radius 2 is 1.70 bits per heavy atom. The fourth-order valence-electron chi connectivity index (χ4n) is 2.92. The second-order valence-corrected chi connectivity index (χ2v) is 11.2. The first kappa shape index (κ1) is 28.1. The maximum atomic E-state index is 12.2. The number of carbonyl (C=O) groups excluding carboxylic acids is 2. The molecular formula is C14H22NO15P3. The molecule has 0 saturated carbocycles. The lowest BCUT2D eigenvalue weighted by Crippen LogP contribution is -2.47. The van der Waals surface area contributed by atoms with E-state index in [-0.39, 0.29) is 5.57 Å². The molecule has 2 aliphatic rings. The Morgan fingerprint density at radius 3 is 2.27 bits per heavy atom. The summed E-state index contributed by atoms with van der Waals surface area (Å²) in [5.74, 6) is -2.75. The molecule has 1 saturated heterocycles. The number of amides is 2. The maximum Gasteiger partial charge on any atom is 0.490 e. The normalized spacial score (nSPS) is 32.3. The van der Waals surface area contributed by atoms with Crippen molar-refractivity contribution in [1.82, 2.24) is 5.32 Å². The third-order valence-electron chi connectivity index (χ3n) is 4.27. The first-order valence-corrected chi connectivity index (χ1v) is 13.6. The molecule has 0 aliphatic carbocycles. The van der Waals surface area contributed by atoms with Gasteiger partial charge in [0.1, 0.15) is 24.4 Å². The number of carbonyl (C=O) groups is 2. The molecule has 2 amide bonds. The standard InChI is InChI=1S/C14H22NO15P3/c1-2-3-4-7-5-8(14(19)15-13(7)18)12-11(17)10(16)9(28-12)6-27-32(23,24)30-33(25,26)29-31(20,21)22/h3-5,8-12,16-17H,2,6H2,1H3,(H,23,24)(H,25,26)(H,15,18,19)(H2,20,21,22)/b4-3+/t8?,9-,10?,11+,12+/m1/s1. The summed E-state index contributed by atoms with van der Waals surface area (Å²) in [6.45, 7) is 0.779. The fraction of sp³-hybridized carbons (Fsp3) is 0.571. The van der Waals surface area contributed by atoms with E-state index in [0.29, 0.717) is 6.42 Å². The van der Waals surface area contributed by atoms with Crippen LogP contribution >= 0.6 is 23.5 Å². The molecule has 7 N–H and O–H groups in total. The zero-order valence-electron chi connectivity index (χ0n) is 16.7. The summed E-state index contributed by atoms with van der Waals surface area (Å²) in [4.78, 5) is 59.7. The average molecular weight is 537 g/mol. The summed E-state index contributed by atoms with van der Waals surface area (Å²) in [6, 6.07) is 0. The van der Waals surface area contributed by atoms with Crippen molar-refractivity contribution < 1.29 is 71.0 Å². The largest absolute Gasteiger partial charge is 0.490 e. The molecule has 2 heterocycles. The smallest absolute Gasteiger partial charge is 0.388 e. The van der Waals surface area contributed by atoms with Gasteiger partial charge < -0.3 is 34.5 Å². The molecule has 0 spiro atoms. The minimum absolute atomic E-state index is 0.100. The van der Waals surface area contributed by atoms with Gasteiger partial charge in [0.15, 0.2) is 0 Å². The predicted octanol–water partition coefficient (Wildman–Crippen LogP) is -1.02. The molecule has 4 unspecified atom stereocenters. The minimum atomic E-state index is -5.74. The summed E-state index contributed by atoms with van der Waals surface area (Å²) >= 11 is 0. The Hall–Kier alpha value is -1.09. The molecule has 188 valence electrons. The zero-order valence-corrected chi connectivity index (χ0v) is 19.4. The lowest BCUT2D eigenvalue weighted by atomic mass is 9.90. The van der Waals surface area contributed by atoms with Crippen molar-refractivity contribution in [2.45, 2.75) is 37.8 Å². The van der Waals surface area contributed by atoms with Gasteiger partial charge in [0, 0.05) is 5.57 Å². The van der Waals surface area contributed by atoms with Crippen molar-refractivity contribution in [3.8, 4) is 0 Å². The number of phosphoric acid groups is 3. The molecule has 0 aromatic rings. The summed E-state index contributed by atoms with van der Waals surface area (Å²) in [5, 5.41) is 22.5. The second-order valence-electron chi connectivity index (χ2n) is 6.78. The first-order chi connectivity index (χ1) is 15.1. The van der Waals surface area contributed by atoms with Crippen LogP contribution in [0.4, 0.5) is 0 Å². The topological polar surface area (TPSA) is 256 Å². The number of aliphatic hydroxyl groups excluding tert-OH is 2. The van der Waals surface area contributed by atoms with E-state index in [1.165, 1.54) is 12.2 Å². The molecule has 7 atom stereocenters. The number of ether oxygens (including phenoxy) is 1. The van der Waals surface area contributed by atoms with Crippen molar-refractivity contribution >= 4 is 35.3 Å². The Balaban J connectivity index is 2.09. The maximum absolute atomic E-state index is 12.2. The van der Waals surface area contributed by atoms with Crippen molar-refractivity contribution in [1.29, 1.82) is 0 Å². The number of aliphatic hydroxyl groups is 2. The van der Waals surface area contributed by atoms with Crippen LogP contribution in [-0.2, 0) is 41.2 Å². The van der Waals surface area contributed by atoms with Gasteiger partial charge in [0.2, 0.25) is 5.91 Å². The predicted molar refractivity (Wildman–Crippen MR) is 105 cm³/mol. The van der Waals surface area contributed by atoms with E-state index < -0.39 is 72.2 Å². The minimum Gasteiger partial charge on any atom is -0.388 e. The number of rotatable bonds is 10. The van der Waals surface area contributed by atoms with Crippen molar-refractivity contribution in [3.63, 3.8) is 0 Å². The molecule has 0 aromatic heterocycles. The number of allylic oxidation sites excluding steroid dienone is 1. The number of nitrogens with one attached hydrogen (secondary N) is 1. The molecule has 33 heavy (non-hydrogen) atoms. The van der Waals surface area contributed by atoms with Gasteiger partial charge in [0.05, 0.1) is 12.5 Å². The molecule has 2 aliphatic heterocycles. The van der Waals surface area contributed by atoms with Crippen molar-refractivity contribution in [3.05, 3.63) is 23.8 Å². The lowest BCUT2D eigenvalue weighted by Gasteiger charge is -2.26. The van der Waals surface area contributed by atoms with E-state index in [4.69, 9.17) is 19.4 Å². The van der Waals surface area contributed by atoms with Gasteiger partial charge >= 0.3 is 23.5 Å². The molecule has 19 heteroatoms. The Kier molecular flexibility index (Phi) is 9.10. The zero-order chi connectivity index (χ0) is 25.2. The van der Waals surface area contributed by atoms with Crippen LogP contribution in [0.2, 0.25) is 0 Å². The second kappa shape index (κ2) is 10.7. The molecule has 1 fully saturated rings. The third kappa shape index (κ3) is 7.98. The van der Waals surface area contributed by atoms with E-state index in [1.807, 2.05) is 6.92 Å². The highest BCUT2D eigenvalue weighted by Crippen LogP contribution is 2.66. The number of phosphoric ester groups is 1. The highest BCUT2D eigenvalue weighted by Gasteiger charge is 2.50. The molecule has 2 rings (SSSR count). The van der Waals surface area contributed by atoms with E-state index in [0.717, 1.165) is 0 Å². The van der Waals surface area contributed by atoms with Gasteiger partial charge in [-0.25, -0.2) is 13.7 Å². The number of hydrogen-bond acceptors (Lipinski definition) is 11. The first-order valence-electron chi connectivity index (χ1n) is 9.08. The molecule has 16 nitrogen and oxygen atoms in total. The van der Waals surface area contributed by atoms with Gasteiger partial charge in [-0.3, -0.25) is 19.4 Å². The summed E-state index contributed by atoms with van der Waals surface area (Å²) in [6.07, 6.45) is -1.54. The van der Waals surface area contributed by atoms with Crippen LogP contribution in [0.5, 0.6) is 0 Å². The summed E-state index contributed by atoms with van der Waals surface area (Å²) in [5.41, 5.74) is 0.100. The fourth-order valence-corrected chi connectivity index (χ4v) is 5.95. The quantitative estimate of drug-likeness (QED) is 0.130. The molecule has 0 radical (unpaired) electrons. The van der Waals surface area contributed by atoms with E-state index >= 15 is 0 Å². The van der Waals surface area contributed by atoms with E-state index in [1.54, 1.807) is 6.08 Å². The van der Waals surface area contributed by atoms with Crippen LogP contribution in [0.15, 0.2) is 23.8 Å². The van der Waals surface area contributed by atoms with Crippen molar-refractivity contribution in [2.24, 2.45) is 5.92 Å². The molecule has 0 bridgehead atoms. The molecule has 0 aromatic carbocycles. The Bertz CT molecular complexity index is 973. The van der Waals surface area contributed by atoms with Crippen LogP contribution in [0.3, 0.4) is 0 Å². The third-order valence-corrected chi connectivity index (χ3v) is 8.07. The van der Waals surface area contributed by atoms with Crippen LogP contribution < -0.4 is 5.32 Å². The van der Waals surface area contributed by atoms with Gasteiger partial charge in [0.25, 0.3) is 5.91 Å². The van der Waals surface area contributed by atoms with Crippen molar-refractivity contribution in [2.75, 3.05) is 6.61 Å². The summed E-state index contributed by atoms with van der Waals surface area (Å²) in [7, 11) is -16.8. The van der Waals surface area contributed by atoms with Crippen LogP contribution in [-0.4, -0.2) is 72.6 Å². The Morgan fingerprint density at radius 1 is 1.06 bits per heavy atom. The Labute approximate surface area is 186 Å².